The van der Waals surface area contributed by atoms with E-state index in [-0.39, 0.29) is 6.61 Å². The third kappa shape index (κ3) is 8.58. The summed E-state index contributed by atoms with van der Waals surface area (Å²) in [5.41, 5.74) is 4.62. The molecule has 7 nitrogen and oxygen atoms in total. The van der Waals surface area contributed by atoms with Crippen molar-refractivity contribution in [3.05, 3.63) is 113 Å². The fraction of sp³-hybridized carbons (Fsp3) is 0.219. The molecule has 0 aliphatic carbocycles. The molecule has 1 aromatic heterocycles. The van der Waals surface area contributed by atoms with Crippen molar-refractivity contribution in [2.75, 3.05) is 19.8 Å². The first kappa shape index (κ1) is 28.6. The molecule has 0 saturated carbocycles. The molecule has 0 spiro atoms. The molecular formula is C32H31ClN2O5. The molecule has 0 amide bonds. The molecule has 8 heteroatoms. The minimum Gasteiger partial charge on any atom is -0.490 e. The summed E-state index contributed by atoms with van der Waals surface area (Å²) >= 11 is 5.95. The van der Waals surface area contributed by atoms with E-state index in [9.17, 15) is 4.79 Å². The molecule has 3 aromatic carbocycles. The van der Waals surface area contributed by atoms with Gasteiger partial charge in [-0.2, -0.15) is 0 Å². The van der Waals surface area contributed by atoms with Crippen LogP contribution in [0.2, 0.25) is 5.02 Å². The molecule has 0 saturated heterocycles. The second-order valence-corrected chi connectivity index (χ2v) is 9.25. The van der Waals surface area contributed by atoms with E-state index in [0.717, 1.165) is 28.1 Å². The van der Waals surface area contributed by atoms with E-state index in [1.807, 2.05) is 73.7 Å². The van der Waals surface area contributed by atoms with E-state index in [1.165, 1.54) is 0 Å². The van der Waals surface area contributed by atoms with Gasteiger partial charge in [-0.15, -0.1) is 0 Å². The second kappa shape index (κ2) is 14.7. The summed E-state index contributed by atoms with van der Waals surface area (Å²) in [7, 11) is 0. The third-order valence-electron chi connectivity index (χ3n) is 5.89. The highest BCUT2D eigenvalue weighted by Crippen LogP contribution is 2.21. The first-order chi connectivity index (χ1) is 19.5. The predicted octanol–water partition coefficient (Wildman–Crippen LogP) is 6.77. The van der Waals surface area contributed by atoms with Gasteiger partial charge in [0.2, 0.25) is 0 Å². The average Bonchev–Trinajstić information content (AvgIpc) is 2.99. The van der Waals surface area contributed by atoms with Gasteiger partial charge in [0.05, 0.1) is 18.0 Å². The van der Waals surface area contributed by atoms with Gasteiger partial charge in [0.1, 0.15) is 18.1 Å². The minimum absolute atomic E-state index is 0.274. The molecule has 0 fully saturated rings. The fourth-order valence-corrected chi connectivity index (χ4v) is 3.96. The Balaban J connectivity index is 1.24. The maximum atomic E-state index is 12.5. The highest BCUT2D eigenvalue weighted by Gasteiger charge is 2.22. The topological polar surface area (TPSA) is 79.2 Å². The van der Waals surface area contributed by atoms with Crippen molar-refractivity contribution in [2.45, 2.75) is 26.4 Å². The fourth-order valence-electron chi connectivity index (χ4n) is 3.83. The Morgan fingerprint density at radius 2 is 1.62 bits per heavy atom. The predicted molar refractivity (Wildman–Crippen MR) is 156 cm³/mol. The van der Waals surface area contributed by atoms with Gasteiger partial charge in [0.25, 0.3) is 0 Å². The van der Waals surface area contributed by atoms with E-state index in [2.05, 4.69) is 10.1 Å². The van der Waals surface area contributed by atoms with Crippen LogP contribution in [0.5, 0.6) is 11.5 Å². The highest BCUT2D eigenvalue weighted by molar-refractivity contribution is 6.30. The number of hydrogen-bond acceptors (Lipinski definition) is 7. The largest absolute Gasteiger partial charge is 0.490 e. The van der Waals surface area contributed by atoms with Crippen LogP contribution < -0.4 is 9.47 Å². The number of nitrogens with zero attached hydrogens (tertiary/aromatic N) is 2. The lowest BCUT2D eigenvalue weighted by molar-refractivity contribution is -0.151. The molecule has 0 aliphatic heterocycles. The van der Waals surface area contributed by atoms with Gasteiger partial charge in [0, 0.05) is 23.2 Å². The zero-order valence-electron chi connectivity index (χ0n) is 22.5. The number of carbonyl (C=O) groups is 1. The van der Waals surface area contributed by atoms with Crippen molar-refractivity contribution in [3.63, 3.8) is 0 Å². The Hall–Kier alpha value is -4.36. The van der Waals surface area contributed by atoms with Gasteiger partial charge in [-0.05, 0) is 73.5 Å². The molecule has 0 bridgehead atoms. The van der Waals surface area contributed by atoms with Crippen LogP contribution in [0.15, 0.2) is 102 Å². The number of pyridine rings is 1. The SMILES string of the molecule is CCOC(=O)C(Cc1ccc(OCCON=C(C)c2ccc(-c3ccccn3)cc2)cc1)Oc1ccc(Cl)cc1. The Bertz CT molecular complexity index is 1380. The molecule has 0 aliphatic rings. The first-order valence-electron chi connectivity index (χ1n) is 13.0. The number of ether oxygens (including phenoxy) is 3. The van der Waals surface area contributed by atoms with Gasteiger partial charge in [-0.25, -0.2) is 4.79 Å². The number of benzene rings is 3. The second-order valence-electron chi connectivity index (χ2n) is 8.81. The smallest absolute Gasteiger partial charge is 0.347 e. The van der Waals surface area contributed by atoms with Crippen molar-refractivity contribution < 1.29 is 23.8 Å². The van der Waals surface area contributed by atoms with Crippen LogP contribution >= 0.6 is 11.6 Å². The maximum Gasteiger partial charge on any atom is 0.347 e. The Morgan fingerprint density at radius 3 is 2.30 bits per heavy atom. The molecule has 0 N–H and O–H groups in total. The van der Waals surface area contributed by atoms with Crippen LogP contribution in [0.1, 0.15) is 25.0 Å². The summed E-state index contributed by atoms with van der Waals surface area (Å²) < 4.78 is 16.9. The van der Waals surface area contributed by atoms with Gasteiger partial charge in [-0.3, -0.25) is 4.98 Å². The number of oxime groups is 1. The molecule has 206 valence electrons. The van der Waals surface area contributed by atoms with Crippen LogP contribution in [-0.4, -0.2) is 42.6 Å². The van der Waals surface area contributed by atoms with Crippen LogP contribution in [0.25, 0.3) is 11.3 Å². The number of rotatable bonds is 13. The van der Waals surface area contributed by atoms with Crippen LogP contribution in [0, 0.1) is 0 Å². The number of hydrogen-bond donors (Lipinski definition) is 0. The molecular weight excluding hydrogens is 528 g/mol. The summed E-state index contributed by atoms with van der Waals surface area (Å²) in [6.45, 7) is 4.57. The summed E-state index contributed by atoms with van der Waals surface area (Å²) in [6.07, 6.45) is 1.34. The quantitative estimate of drug-likeness (QED) is 0.0779. The molecule has 4 rings (SSSR count). The first-order valence-corrected chi connectivity index (χ1v) is 13.4. The van der Waals surface area contributed by atoms with Gasteiger partial charge >= 0.3 is 5.97 Å². The third-order valence-corrected chi connectivity index (χ3v) is 6.15. The molecule has 4 aromatic rings. The molecule has 40 heavy (non-hydrogen) atoms. The van der Waals surface area contributed by atoms with Crippen LogP contribution in [-0.2, 0) is 20.8 Å². The standard InChI is InChI=1S/C32H31ClN2O5/c1-3-37-32(36)31(40-29-17-13-27(33)14-18-29)22-24-7-15-28(16-8-24)38-20-21-39-35-23(2)25-9-11-26(12-10-25)30-6-4-5-19-34-30/h4-19,31H,3,20-22H2,1-2H3. The van der Waals surface area contributed by atoms with Gasteiger partial charge in [-0.1, -0.05) is 59.2 Å². The zero-order chi connectivity index (χ0) is 28.2. The number of aromatic nitrogens is 1. The van der Waals surface area contributed by atoms with Gasteiger partial charge < -0.3 is 19.0 Å². The van der Waals surface area contributed by atoms with Crippen molar-refractivity contribution >= 4 is 23.3 Å². The van der Waals surface area contributed by atoms with Crippen molar-refractivity contribution in [2.24, 2.45) is 5.16 Å². The number of halogens is 1. The maximum absolute atomic E-state index is 12.5. The van der Waals surface area contributed by atoms with E-state index in [4.69, 9.17) is 30.6 Å². The van der Waals surface area contributed by atoms with Crippen LogP contribution in [0.3, 0.4) is 0 Å². The van der Waals surface area contributed by atoms with Gasteiger partial charge in [0.15, 0.2) is 12.7 Å². The normalized spacial score (nSPS) is 11.9. The van der Waals surface area contributed by atoms with E-state index in [1.54, 1.807) is 37.4 Å². The van der Waals surface area contributed by atoms with E-state index < -0.39 is 12.1 Å². The monoisotopic (exact) mass is 558 g/mol. The Labute approximate surface area is 239 Å². The van der Waals surface area contributed by atoms with Crippen molar-refractivity contribution in [1.29, 1.82) is 0 Å². The van der Waals surface area contributed by atoms with E-state index >= 15 is 0 Å². The summed E-state index contributed by atoms with van der Waals surface area (Å²) in [5, 5.41) is 4.79. The van der Waals surface area contributed by atoms with Crippen molar-refractivity contribution in [3.8, 4) is 22.8 Å². The molecule has 1 unspecified atom stereocenters. The Kier molecular flexibility index (Phi) is 10.5. The molecule has 0 radical (unpaired) electrons. The lowest BCUT2D eigenvalue weighted by atomic mass is 10.1. The minimum atomic E-state index is -0.784. The molecule has 1 atom stereocenters. The Morgan fingerprint density at radius 1 is 0.900 bits per heavy atom. The summed E-state index contributed by atoms with van der Waals surface area (Å²) in [6, 6.07) is 28.2. The van der Waals surface area contributed by atoms with Crippen molar-refractivity contribution in [1.82, 2.24) is 4.98 Å². The average molecular weight is 559 g/mol. The lowest BCUT2D eigenvalue weighted by Crippen LogP contribution is -2.31. The summed E-state index contributed by atoms with van der Waals surface area (Å²) in [5.74, 6) is 0.807. The molecule has 1 heterocycles. The lowest BCUT2D eigenvalue weighted by Gasteiger charge is -2.18. The zero-order valence-corrected chi connectivity index (χ0v) is 23.2. The number of esters is 1. The van der Waals surface area contributed by atoms with E-state index in [0.29, 0.717) is 36.2 Å². The highest BCUT2D eigenvalue weighted by atomic mass is 35.5. The summed E-state index contributed by atoms with van der Waals surface area (Å²) in [4.78, 5) is 22.3. The van der Waals surface area contributed by atoms with Crippen LogP contribution in [0.4, 0.5) is 0 Å². The number of carbonyl (C=O) groups excluding carboxylic acids is 1.